The van der Waals surface area contributed by atoms with E-state index in [1.807, 2.05) is 18.3 Å². The van der Waals surface area contributed by atoms with Crippen molar-refractivity contribution in [1.29, 1.82) is 0 Å². The first-order chi connectivity index (χ1) is 8.40. The van der Waals surface area contributed by atoms with Crippen molar-refractivity contribution in [2.24, 2.45) is 0 Å². The third kappa shape index (κ3) is 1.89. The molecular weight excluding hydrogens is 206 g/mol. The van der Waals surface area contributed by atoms with E-state index in [1.165, 1.54) is 35.2 Å². The summed E-state index contributed by atoms with van der Waals surface area (Å²) in [6, 6.07) is 12.5. The Morgan fingerprint density at radius 1 is 1.12 bits per heavy atom. The van der Waals surface area contributed by atoms with Crippen LogP contribution < -0.4 is 0 Å². The fraction of sp³-hybridized carbons (Fsp3) is 0.188. The molecule has 2 aromatic rings. The standard InChI is InChI=1S/C16H15N/c1-2-14-15(12-6-4-3-5-7-12)10-11-17-16(14)13-8-9-13/h2-7,10-11,13H,1,8-9H2. The van der Waals surface area contributed by atoms with Gasteiger partial charge < -0.3 is 0 Å². The first-order valence-electron chi connectivity index (χ1n) is 6.07. The van der Waals surface area contributed by atoms with Crippen LogP contribution in [-0.4, -0.2) is 4.98 Å². The molecule has 3 rings (SSSR count). The van der Waals surface area contributed by atoms with Gasteiger partial charge in [-0.25, -0.2) is 0 Å². The zero-order valence-electron chi connectivity index (χ0n) is 9.76. The highest BCUT2D eigenvalue weighted by atomic mass is 14.7. The first kappa shape index (κ1) is 10.3. The number of hydrogen-bond donors (Lipinski definition) is 0. The summed E-state index contributed by atoms with van der Waals surface area (Å²) in [6.07, 6.45) is 6.41. The van der Waals surface area contributed by atoms with Gasteiger partial charge in [0.1, 0.15) is 0 Å². The molecule has 1 aromatic carbocycles. The molecule has 0 atom stereocenters. The monoisotopic (exact) mass is 221 g/mol. The van der Waals surface area contributed by atoms with Gasteiger partial charge in [-0.2, -0.15) is 0 Å². The van der Waals surface area contributed by atoms with Crippen molar-refractivity contribution >= 4 is 6.08 Å². The van der Waals surface area contributed by atoms with E-state index in [0.29, 0.717) is 5.92 Å². The highest BCUT2D eigenvalue weighted by Gasteiger charge is 2.27. The van der Waals surface area contributed by atoms with Gasteiger partial charge in [0.25, 0.3) is 0 Å². The molecule has 0 unspecified atom stereocenters. The molecule has 1 heteroatoms. The van der Waals surface area contributed by atoms with Gasteiger partial charge in [0.05, 0.1) is 5.69 Å². The Hall–Kier alpha value is -1.89. The lowest BCUT2D eigenvalue weighted by atomic mass is 9.97. The van der Waals surface area contributed by atoms with Crippen molar-refractivity contribution in [3.05, 3.63) is 60.4 Å². The number of pyridine rings is 1. The first-order valence-corrected chi connectivity index (χ1v) is 6.07. The summed E-state index contributed by atoms with van der Waals surface area (Å²) in [5.41, 5.74) is 4.92. The largest absolute Gasteiger partial charge is 0.260 e. The third-order valence-corrected chi connectivity index (χ3v) is 3.27. The molecular formula is C16H15N. The van der Waals surface area contributed by atoms with Gasteiger partial charge in [-0.15, -0.1) is 0 Å². The second-order valence-electron chi connectivity index (χ2n) is 4.50. The van der Waals surface area contributed by atoms with Crippen LogP contribution in [0.4, 0.5) is 0 Å². The number of rotatable bonds is 3. The van der Waals surface area contributed by atoms with Gasteiger partial charge >= 0.3 is 0 Å². The number of aromatic nitrogens is 1. The molecule has 0 amide bonds. The van der Waals surface area contributed by atoms with E-state index in [1.54, 1.807) is 0 Å². The molecule has 1 fully saturated rings. The lowest BCUT2D eigenvalue weighted by molar-refractivity contribution is 1.02. The van der Waals surface area contributed by atoms with Crippen molar-refractivity contribution < 1.29 is 0 Å². The van der Waals surface area contributed by atoms with Crippen LogP contribution in [0.15, 0.2) is 49.2 Å². The maximum Gasteiger partial charge on any atom is 0.0512 e. The van der Waals surface area contributed by atoms with E-state index in [4.69, 9.17) is 0 Å². The Bertz CT molecular complexity index is 539. The summed E-state index contributed by atoms with van der Waals surface area (Å²) in [6.45, 7) is 3.95. The fourth-order valence-corrected chi connectivity index (χ4v) is 2.26. The molecule has 1 aromatic heterocycles. The van der Waals surface area contributed by atoms with Crippen molar-refractivity contribution in [2.75, 3.05) is 0 Å². The highest BCUT2D eigenvalue weighted by molar-refractivity contribution is 5.76. The van der Waals surface area contributed by atoms with Crippen LogP contribution >= 0.6 is 0 Å². The Balaban J connectivity index is 2.16. The Kier molecular flexibility index (Phi) is 2.52. The predicted octanol–water partition coefficient (Wildman–Crippen LogP) is 4.27. The quantitative estimate of drug-likeness (QED) is 0.754. The van der Waals surface area contributed by atoms with Crippen LogP contribution in [0.2, 0.25) is 0 Å². The number of nitrogens with zero attached hydrogens (tertiary/aromatic N) is 1. The summed E-state index contributed by atoms with van der Waals surface area (Å²) in [5.74, 6) is 0.659. The molecule has 1 aliphatic carbocycles. The SMILES string of the molecule is C=Cc1c(-c2ccccc2)ccnc1C1CC1. The molecule has 0 aliphatic heterocycles. The minimum atomic E-state index is 0.659. The minimum absolute atomic E-state index is 0.659. The van der Waals surface area contributed by atoms with Gasteiger partial charge in [0, 0.05) is 17.7 Å². The van der Waals surface area contributed by atoms with E-state index < -0.39 is 0 Å². The smallest absolute Gasteiger partial charge is 0.0512 e. The molecule has 0 radical (unpaired) electrons. The van der Waals surface area contributed by atoms with Crippen LogP contribution in [0, 0.1) is 0 Å². The van der Waals surface area contributed by atoms with E-state index in [0.717, 1.165) is 0 Å². The predicted molar refractivity (Wildman–Crippen MR) is 71.7 cm³/mol. The molecule has 1 heterocycles. The van der Waals surface area contributed by atoms with E-state index in [-0.39, 0.29) is 0 Å². The van der Waals surface area contributed by atoms with Gasteiger partial charge in [-0.1, -0.05) is 43.0 Å². The Morgan fingerprint density at radius 3 is 2.53 bits per heavy atom. The summed E-state index contributed by atoms with van der Waals surface area (Å²) in [4.78, 5) is 4.53. The third-order valence-electron chi connectivity index (χ3n) is 3.27. The average molecular weight is 221 g/mol. The average Bonchev–Trinajstić information content (AvgIpc) is 3.23. The summed E-state index contributed by atoms with van der Waals surface area (Å²) in [5, 5.41) is 0. The number of benzene rings is 1. The highest BCUT2D eigenvalue weighted by Crippen LogP contribution is 2.42. The van der Waals surface area contributed by atoms with Crippen LogP contribution in [0.5, 0.6) is 0 Å². The van der Waals surface area contributed by atoms with Crippen LogP contribution in [-0.2, 0) is 0 Å². The molecule has 0 saturated heterocycles. The molecule has 1 aliphatic rings. The normalized spacial score (nSPS) is 14.6. The molecule has 0 N–H and O–H groups in total. The van der Waals surface area contributed by atoms with Gasteiger partial charge in [0.15, 0.2) is 0 Å². The van der Waals surface area contributed by atoms with Crippen LogP contribution in [0.1, 0.15) is 30.0 Å². The molecule has 0 spiro atoms. The van der Waals surface area contributed by atoms with E-state index in [9.17, 15) is 0 Å². The van der Waals surface area contributed by atoms with E-state index >= 15 is 0 Å². The minimum Gasteiger partial charge on any atom is -0.260 e. The van der Waals surface area contributed by atoms with Gasteiger partial charge in [-0.3, -0.25) is 4.98 Å². The summed E-state index contributed by atoms with van der Waals surface area (Å²) < 4.78 is 0. The maximum absolute atomic E-state index is 4.53. The second kappa shape index (κ2) is 4.17. The van der Waals surface area contributed by atoms with Gasteiger partial charge in [-0.05, 0) is 30.0 Å². The topological polar surface area (TPSA) is 12.9 Å². The lowest BCUT2D eigenvalue weighted by Crippen LogP contribution is -1.94. The number of hydrogen-bond acceptors (Lipinski definition) is 1. The second-order valence-corrected chi connectivity index (χ2v) is 4.50. The molecule has 17 heavy (non-hydrogen) atoms. The molecule has 1 nitrogen and oxygen atoms in total. The zero-order chi connectivity index (χ0) is 11.7. The fourth-order valence-electron chi connectivity index (χ4n) is 2.26. The van der Waals surface area contributed by atoms with Crippen LogP contribution in [0.3, 0.4) is 0 Å². The molecule has 84 valence electrons. The Labute approximate surface area is 102 Å². The maximum atomic E-state index is 4.53. The van der Waals surface area contributed by atoms with Crippen molar-refractivity contribution in [3.8, 4) is 11.1 Å². The zero-order valence-corrected chi connectivity index (χ0v) is 9.76. The molecule has 1 saturated carbocycles. The Morgan fingerprint density at radius 2 is 1.88 bits per heavy atom. The van der Waals surface area contributed by atoms with Crippen molar-refractivity contribution in [2.45, 2.75) is 18.8 Å². The van der Waals surface area contributed by atoms with Crippen molar-refractivity contribution in [1.82, 2.24) is 4.98 Å². The van der Waals surface area contributed by atoms with Crippen LogP contribution in [0.25, 0.3) is 17.2 Å². The van der Waals surface area contributed by atoms with E-state index in [2.05, 4.69) is 41.9 Å². The summed E-state index contributed by atoms with van der Waals surface area (Å²) >= 11 is 0. The van der Waals surface area contributed by atoms with Crippen molar-refractivity contribution in [3.63, 3.8) is 0 Å². The lowest BCUT2D eigenvalue weighted by Gasteiger charge is -2.10. The van der Waals surface area contributed by atoms with Gasteiger partial charge in [0.2, 0.25) is 0 Å². The molecule has 0 bridgehead atoms. The summed E-state index contributed by atoms with van der Waals surface area (Å²) in [7, 11) is 0.